The van der Waals surface area contributed by atoms with Crippen molar-refractivity contribution in [3.8, 4) is 0 Å². The smallest absolute Gasteiger partial charge is 0.350 e. The number of anilines is 1. The predicted molar refractivity (Wildman–Crippen MR) is 59.5 cm³/mol. The summed E-state index contributed by atoms with van der Waals surface area (Å²) in [4.78, 5) is 16.2. The van der Waals surface area contributed by atoms with Crippen LogP contribution in [-0.4, -0.2) is 24.1 Å². The lowest BCUT2D eigenvalue weighted by Gasteiger charge is -2.25. The Kier molecular flexibility index (Phi) is 2.90. The van der Waals surface area contributed by atoms with Crippen LogP contribution in [0.4, 0.5) is 5.13 Å². The molecule has 5 heteroatoms. The molecule has 1 aliphatic carbocycles. The van der Waals surface area contributed by atoms with E-state index in [0.29, 0.717) is 10.9 Å². The number of carbonyl (C=O) groups is 1. The van der Waals surface area contributed by atoms with Crippen molar-refractivity contribution in [2.24, 2.45) is 0 Å². The number of hydrogen-bond acceptors (Lipinski definition) is 5. The van der Waals surface area contributed by atoms with Gasteiger partial charge >= 0.3 is 5.97 Å². The zero-order valence-electron chi connectivity index (χ0n) is 8.87. The molecule has 1 saturated carbocycles. The number of thiazole rings is 1. The molecule has 0 amide bonds. The molecule has 0 bridgehead atoms. The molecule has 1 fully saturated rings. The van der Waals surface area contributed by atoms with Gasteiger partial charge in [-0.15, -0.1) is 0 Å². The lowest BCUT2D eigenvalue weighted by atomic mass is 9.93. The van der Waals surface area contributed by atoms with E-state index in [4.69, 9.17) is 0 Å². The Morgan fingerprint density at radius 3 is 2.87 bits per heavy atom. The van der Waals surface area contributed by atoms with E-state index < -0.39 is 0 Å². The van der Waals surface area contributed by atoms with Crippen LogP contribution in [0.2, 0.25) is 0 Å². The molecule has 0 unspecified atom stereocenters. The van der Waals surface area contributed by atoms with E-state index in [1.165, 1.54) is 37.7 Å². The van der Waals surface area contributed by atoms with Crippen LogP contribution in [0.1, 0.15) is 34.6 Å². The van der Waals surface area contributed by atoms with Gasteiger partial charge in [0.15, 0.2) is 5.13 Å². The zero-order valence-corrected chi connectivity index (χ0v) is 9.69. The van der Waals surface area contributed by atoms with E-state index in [0.717, 1.165) is 10.8 Å². The van der Waals surface area contributed by atoms with Crippen LogP contribution in [0, 0.1) is 6.92 Å². The Morgan fingerprint density at radius 1 is 1.60 bits per heavy atom. The fourth-order valence-corrected chi connectivity index (χ4v) is 2.43. The van der Waals surface area contributed by atoms with Crippen molar-refractivity contribution in [2.75, 3.05) is 12.4 Å². The monoisotopic (exact) mass is 226 g/mol. The molecular formula is C10H14N2O2S. The largest absolute Gasteiger partial charge is 0.465 e. The summed E-state index contributed by atoms with van der Waals surface area (Å²) in [7, 11) is 1.39. The molecule has 82 valence electrons. The summed E-state index contributed by atoms with van der Waals surface area (Å²) < 4.78 is 4.68. The number of nitrogens with one attached hydrogen (secondary N) is 1. The van der Waals surface area contributed by atoms with E-state index >= 15 is 0 Å². The molecule has 15 heavy (non-hydrogen) atoms. The van der Waals surface area contributed by atoms with Gasteiger partial charge in [-0.05, 0) is 26.2 Å². The summed E-state index contributed by atoms with van der Waals surface area (Å²) in [6, 6.07) is 0.543. The minimum Gasteiger partial charge on any atom is -0.465 e. The van der Waals surface area contributed by atoms with Crippen molar-refractivity contribution < 1.29 is 9.53 Å². The van der Waals surface area contributed by atoms with Crippen LogP contribution in [0.25, 0.3) is 0 Å². The quantitative estimate of drug-likeness (QED) is 0.803. The second-order valence-corrected chi connectivity index (χ2v) is 4.70. The minimum atomic E-state index is -0.299. The van der Waals surface area contributed by atoms with Crippen LogP contribution >= 0.6 is 11.3 Å². The van der Waals surface area contributed by atoms with Crippen molar-refractivity contribution >= 4 is 22.4 Å². The van der Waals surface area contributed by atoms with E-state index in [9.17, 15) is 4.79 Å². The Labute approximate surface area is 92.7 Å². The van der Waals surface area contributed by atoms with Crippen LogP contribution in [0.5, 0.6) is 0 Å². The Bertz CT molecular complexity index is 371. The Balaban J connectivity index is 2.09. The first kappa shape index (κ1) is 10.4. The van der Waals surface area contributed by atoms with Gasteiger partial charge in [-0.3, -0.25) is 0 Å². The first-order valence-corrected chi connectivity index (χ1v) is 5.84. The summed E-state index contributed by atoms with van der Waals surface area (Å²) in [5, 5.41) is 4.15. The molecule has 0 radical (unpaired) electrons. The summed E-state index contributed by atoms with van der Waals surface area (Å²) >= 11 is 1.37. The number of carbonyl (C=O) groups excluding carboxylic acids is 1. The van der Waals surface area contributed by atoms with Crippen molar-refractivity contribution in [2.45, 2.75) is 32.2 Å². The van der Waals surface area contributed by atoms with Crippen LogP contribution in [0.3, 0.4) is 0 Å². The summed E-state index contributed by atoms with van der Waals surface area (Å²) in [5.74, 6) is -0.299. The summed E-state index contributed by atoms with van der Waals surface area (Å²) in [6.07, 6.45) is 3.68. The van der Waals surface area contributed by atoms with E-state index in [-0.39, 0.29) is 5.97 Å². The van der Waals surface area contributed by atoms with Crippen LogP contribution in [-0.2, 0) is 4.74 Å². The van der Waals surface area contributed by atoms with Gasteiger partial charge in [0, 0.05) is 6.04 Å². The molecule has 1 N–H and O–H groups in total. The molecule has 1 heterocycles. The maximum atomic E-state index is 11.3. The molecule has 0 aliphatic heterocycles. The summed E-state index contributed by atoms with van der Waals surface area (Å²) in [6.45, 7) is 1.83. The highest BCUT2D eigenvalue weighted by Crippen LogP contribution is 2.28. The van der Waals surface area contributed by atoms with Crippen molar-refractivity contribution in [3.63, 3.8) is 0 Å². The van der Waals surface area contributed by atoms with E-state index in [2.05, 4.69) is 15.0 Å². The van der Waals surface area contributed by atoms with Gasteiger partial charge in [0.05, 0.1) is 12.8 Å². The molecule has 1 aromatic rings. The van der Waals surface area contributed by atoms with Gasteiger partial charge in [-0.25, -0.2) is 9.78 Å². The molecule has 1 aliphatic rings. The minimum absolute atomic E-state index is 0.299. The number of aromatic nitrogens is 1. The Hall–Kier alpha value is -1.10. The second-order valence-electron chi connectivity index (χ2n) is 3.70. The van der Waals surface area contributed by atoms with Crippen molar-refractivity contribution in [3.05, 3.63) is 10.6 Å². The SMILES string of the molecule is COC(=O)c1sc(NC2CCC2)nc1C. The molecule has 0 saturated heterocycles. The first-order valence-electron chi connectivity index (χ1n) is 5.03. The fourth-order valence-electron chi connectivity index (χ4n) is 1.47. The highest BCUT2D eigenvalue weighted by molar-refractivity contribution is 7.17. The number of ether oxygens (including phenoxy) is 1. The third kappa shape index (κ3) is 2.12. The third-order valence-electron chi connectivity index (χ3n) is 2.60. The van der Waals surface area contributed by atoms with Gasteiger partial charge < -0.3 is 10.1 Å². The molecule has 1 aromatic heterocycles. The van der Waals surface area contributed by atoms with Crippen molar-refractivity contribution in [1.29, 1.82) is 0 Å². The first-order chi connectivity index (χ1) is 7.20. The van der Waals surface area contributed by atoms with E-state index in [1.807, 2.05) is 6.92 Å². The number of aryl methyl sites for hydroxylation is 1. The van der Waals surface area contributed by atoms with Gasteiger partial charge in [-0.2, -0.15) is 0 Å². The Morgan fingerprint density at radius 2 is 2.33 bits per heavy atom. The molecular weight excluding hydrogens is 212 g/mol. The average Bonchev–Trinajstić information content (AvgIpc) is 2.52. The highest BCUT2D eigenvalue weighted by Gasteiger charge is 2.21. The standard InChI is InChI=1S/C10H14N2O2S/c1-6-8(9(13)14-2)15-10(11-6)12-7-4-3-5-7/h7H,3-5H2,1-2H3,(H,11,12). The lowest BCUT2D eigenvalue weighted by molar-refractivity contribution is 0.0605. The molecule has 0 atom stereocenters. The zero-order chi connectivity index (χ0) is 10.8. The topological polar surface area (TPSA) is 51.2 Å². The van der Waals surface area contributed by atoms with Gasteiger partial charge in [-0.1, -0.05) is 11.3 Å². The maximum Gasteiger partial charge on any atom is 0.350 e. The van der Waals surface area contributed by atoms with Gasteiger partial charge in [0.2, 0.25) is 0 Å². The molecule has 2 rings (SSSR count). The number of hydrogen-bond donors (Lipinski definition) is 1. The highest BCUT2D eigenvalue weighted by atomic mass is 32.1. The second kappa shape index (κ2) is 4.18. The number of nitrogens with zero attached hydrogens (tertiary/aromatic N) is 1. The molecule has 0 spiro atoms. The van der Waals surface area contributed by atoms with Gasteiger partial charge in [0.25, 0.3) is 0 Å². The molecule has 4 nitrogen and oxygen atoms in total. The lowest BCUT2D eigenvalue weighted by Crippen LogP contribution is -2.26. The molecule has 0 aromatic carbocycles. The maximum absolute atomic E-state index is 11.3. The average molecular weight is 226 g/mol. The van der Waals surface area contributed by atoms with Gasteiger partial charge in [0.1, 0.15) is 4.88 Å². The van der Waals surface area contributed by atoms with Crippen molar-refractivity contribution in [1.82, 2.24) is 4.98 Å². The summed E-state index contributed by atoms with van der Waals surface area (Å²) in [5.41, 5.74) is 0.744. The van der Waals surface area contributed by atoms with Crippen LogP contribution < -0.4 is 5.32 Å². The fraction of sp³-hybridized carbons (Fsp3) is 0.600. The van der Waals surface area contributed by atoms with E-state index in [1.54, 1.807) is 0 Å². The number of methoxy groups -OCH3 is 1. The number of esters is 1. The normalized spacial score (nSPS) is 15.9. The predicted octanol–water partition coefficient (Wildman–Crippen LogP) is 2.20. The van der Waals surface area contributed by atoms with Crippen LogP contribution in [0.15, 0.2) is 0 Å². The number of rotatable bonds is 3. The third-order valence-corrected chi connectivity index (χ3v) is 3.67.